The van der Waals surface area contributed by atoms with Crippen molar-refractivity contribution in [2.75, 3.05) is 37.0 Å². The van der Waals surface area contributed by atoms with Crippen LogP contribution >= 0.6 is 0 Å². The normalized spacial score (nSPS) is 16.9. The fourth-order valence-corrected chi connectivity index (χ4v) is 4.30. The van der Waals surface area contributed by atoms with Gasteiger partial charge in [0.1, 0.15) is 0 Å². The van der Waals surface area contributed by atoms with Crippen LogP contribution in [0.15, 0.2) is 18.5 Å². The minimum Gasteiger partial charge on any atom is -0.479 e. The fraction of sp³-hybridized carbons (Fsp3) is 0.577. The number of anilines is 2. The first-order chi connectivity index (χ1) is 15.7. The Labute approximate surface area is 202 Å². The van der Waals surface area contributed by atoms with Crippen LogP contribution in [0.5, 0.6) is 0 Å². The molecule has 1 aliphatic heterocycles. The summed E-state index contributed by atoms with van der Waals surface area (Å²) in [5.74, 6) is -1.29. The molecule has 0 radical (unpaired) electrons. The third-order valence-electron chi connectivity index (χ3n) is 6.23. The van der Waals surface area contributed by atoms with Gasteiger partial charge in [-0.25, -0.2) is 14.2 Å². The number of nitrogens with zero attached hydrogens (tertiary/aromatic N) is 4. The predicted molar refractivity (Wildman–Crippen MR) is 133 cm³/mol. The van der Waals surface area contributed by atoms with Crippen LogP contribution in [0, 0.1) is 18.2 Å². The van der Waals surface area contributed by atoms with Crippen LogP contribution in [0.3, 0.4) is 0 Å². The highest BCUT2D eigenvalue weighted by atomic mass is 19.1. The van der Waals surface area contributed by atoms with Gasteiger partial charge in [-0.3, -0.25) is 4.98 Å². The Morgan fingerprint density at radius 3 is 2.32 bits per heavy atom. The van der Waals surface area contributed by atoms with Crippen molar-refractivity contribution in [3.8, 4) is 11.1 Å². The van der Waals surface area contributed by atoms with Crippen molar-refractivity contribution in [3.05, 3.63) is 35.5 Å². The molecular formula is C26H37FN4O3. The predicted octanol–water partition coefficient (Wildman–Crippen LogP) is 5.22. The van der Waals surface area contributed by atoms with Gasteiger partial charge >= 0.3 is 5.97 Å². The van der Waals surface area contributed by atoms with Crippen LogP contribution in [-0.4, -0.2) is 53.8 Å². The maximum atomic E-state index is 14.9. The molecule has 0 unspecified atom stereocenters. The highest BCUT2D eigenvalue weighted by Gasteiger charge is 2.36. The molecule has 2 aromatic heterocycles. The largest absolute Gasteiger partial charge is 0.479 e. The molecule has 34 heavy (non-hydrogen) atoms. The monoisotopic (exact) mass is 472 g/mol. The number of ether oxygens (including phenoxy) is 1. The molecule has 7 nitrogen and oxygen atoms in total. The number of carboxylic acid groups (broad SMARTS) is 1. The van der Waals surface area contributed by atoms with Crippen molar-refractivity contribution in [2.24, 2.45) is 5.41 Å². The van der Waals surface area contributed by atoms with E-state index in [4.69, 9.17) is 4.74 Å². The van der Waals surface area contributed by atoms with Crippen molar-refractivity contribution in [1.82, 2.24) is 9.97 Å². The summed E-state index contributed by atoms with van der Waals surface area (Å²) in [7, 11) is 3.47. The van der Waals surface area contributed by atoms with Gasteiger partial charge in [0.2, 0.25) is 0 Å². The Morgan fingerprint density at radius 2 is 1.82 bits per heavy atom. The number of aryl methyl sites for hydroxylation is 1. The van der Waals surface area contributed by atoms with E-state index in [1.165, 1.54) is 6.07 Å². The molecule has 3 rings (SSSR count). The van der Waals surface area contributed by atoms with E-state index in [1.54, 1.807) is 38.3 Å². The molecule has 1 aliphatic rings. The third kappa shape index (κ3) is 5.66. The maximum absolute atomic E-state index is 14.9. The van der Waals surface area contributed by atoms with E-state index < -0.39 is 23.5 Å². The second kappa shape index (κ2) is 9.49. The average Bonchev–Trinajstić information content (AvgIpc) is 2.71. The average molecular weight is 473 g/mol. The Balaban J connectivity index is 2.25. The number of rotatable bonds is 6. The van der Waals surface area contributed by atoms with Crippen LogP contribution in [0.1, 0.15) is 64.8 Å². The van der Waals surface area contributed by atoms with Gasteiger partial charge < -0.3 is 19.6 Å². The van der Waals surface area contributed by atoms with Crippen molar-refractivity contribution in [1.29, 1.82) is 0 Å². The molecule has 0 bridgehead atoms. The quantitative estimate of drug-likeness (QED) is 0.617. The summed E-state index contributed by atoms with van der Waals surface area (Å²) in [6.07, 6.45) is 4.01. The SMILES string of the molecule is Cc1ncc(-c2cnc(N(C)C)c(F)c2)c(N2CCC(C)(C)CC2)c1[C@H](OC(C)(C)C)C(=O)O. The molecule has 186 valence electrons. The molecule has 0 aliphatic carbocycles. The van der Waals surface area contributed by atoms with Crippen LogP contribution in [0.25, 0.3) is 11.1 Å². The third-order valence-corrected chi connectivity index (χ3v) is 6.23. The molecule has 0 saturated carbocycles. The van der Waals surface area contributed by atoms with Crippen LogP contribution in [0.4, 0.5) is 15.9 Å². The summed E-state index contributed by atoms with van der Waals surface area (Å²) in [6, 6.07) is 1.44. The first-order valence-electron chi connectivity index (χ1n) is 11.7. The molecule has 1 saturated heterocycles. The Morgan fingerprint density at radius 1 is 1.21 bits per heavy atom. The molecule has 0 aromatic carbocycles. The summed E-state index contributed by atoms with van der Waals surface area (Å²) in [6.45, 7) is 13.3. The minimum absolute atomic E-state index is 0.202. The van der Waals surface area contributed by atoms with E-state index in [0.29, 0.717) is 22.4 Å². The van der Waals surface area contributed by atoms with Crippen molar-refractivity contribution in [3.63, 3.8) is 0 Å². The summed E-state index contributed by atoms with van der Waals surface area (Å²) >= 11 is 0. The van der Waals surface area contributed by atoms with Crippen molar-refractivity contribution < 1.29 is 19.0 Å². The van der Waals surface area contributed by atoms with Crippen LogP contribution in [-0.2, 0) is 9.53 Å². The Kier molecular flexibility index (Phi) is 7.22. The lowest BCUT2D eigenvalue weighted by atomic mass is 9.82. The molecule has 0 amide bonds. The van der Waals surface area contributed by atoms with Gasteiger partial charge in [-0.05, 0) is 52.0 Å². The number of piperidine rings is 1. The Hall–Kier alpha value is -2.74. The van der Waals surface area contributed by atoms with Crippen LogP contribution < -0.4 is 9.80 Å². The first-order valence-corrected chi connectivity index (χ1v) is 11.7. The number of halogens is 1. The molecule has 8 heteroatoms. The van der Waals surface area contributed by atoms with Gasteiger partial charge in [0.05, 0.1) is 11.3 Å². The van der Waals surface area contributed by atoms with Gasteiger partial charge in [-0.1, -0.05) is 13.8 Å². The number of carboxylic acids is 1. The topological polar surface area (TPSA) is 78.8 Å². The van der Waals surface area contributed by atoms with E-state index in [2.05, 4.69) is 28.7 Å². The zero-order valence-electron chi connectivity index (χ0n) is 21.6. The zero-order valence-corrected chi connectivity index (χ0v) is 21.6. The van der Waals surface area contributed by atoms with E-state index in [9.17, 15) is 14.3 Å². The molecule has 0 spiro atoms. The fourth-order valence-electron chi connectivity index (χ4n) is 4.30. The molecular weight excluding hydrogens is 435 g/mol. The number of pyridine rings is 2. The van der Waals surface area contributed by atoms with E-state index in [-0.39, 0.29) is 11.2 Å². The van der Waals surface area contributed by atoms with Gasteiger partial charge in [0.15, 0.2) is 17.7 Å². The van der Waals surface area contributed by atoms with Crippen LogP contribution in [0.2, 0.25) is 0 Å². The first kappa shape index (κ1) is 25.9. The highest BCUT2D eigenvalue weighted by molar-refractivity contribution is 5.86. The molecule has 1 atom stereocenters. The summed E-state index contributed by atoms with van der Waals surface area (Å²) < 4.78 is 20.9. The molecule has 1 N–H and O–H groups in total. The smallest absolute Gasteiger partial charge is 0.337 e. The van der Waals surface area contributed by atoms with E-state index >= 15 is 0 Å². The minimum atomic E-state index is -1.21. The number of carbonyl (C=O) groups is 1. The highest BCUT2D eigenvalue weighted by Crippen LogP contribution is 2.43. The number of hydrogen-bond donors (Lipinski definition) is 1. The number of aliphatic carboxylic acids is 1. The summed E-state index contributed by atoms with van der Waals surface area (Å²) in [4.78, 5) is 25.1. The zero-order chi connectivity index (χ0) is 25.4. The lowest BCUT2D eigenvalue weighted by Gasteiger charge is -2.41. The summed E-state index contributed by atoms with van der Waals surface area (Å²) in [5.41, 5.74) is 2.55. The van der Waals surface area contributed by atoms with Gasteiger partial charge in [0.25, 0.3) is 0 Å². The maximum Gasteiger partial charge on any atom is 0.337 e. The van der Waals surface area contributed by atoms with Crippen molar-refractivity contribution >= 4 is 17.5 Å². The standard InChI is InChI=1S/C26H37FN4O3/c1-16-20(22(24(32)33)34-25(2,3)4)21(31-11-9-26(5,6)10-12-31)18(15-28-16)17-13-19(27)23(29-14-17)30(7)8/h13-15,22H,9-12H2,1-8H3,(H,32,33)/t22-/m0/s1. The summed E-state index contributed by atoms with van der Waals surface area (Å²) in [5, 5.41) is 10.2. The van der Waals surface area contributed by atoms with Crippen molar-refractivity contribution in [2.45, 2.75) is 66.1 Å². The van der Waals surface area contributed by atoms with Gasteiger partial charge in [-0.15, -0.1) is 0 Å². The van der Waals surface area contributed by atoms with E-state index in [1.807, 2.05) is 20.8 Å². The lowest BCUT2D eigenvalue weighted by Crippen LogP contribution is -2.39. The molecule has 3 heterocycles. The van der Waals surface area contributed by atoms with E-state index in [0.717, 1.165) is 31.6 Å². The van der Waals surface area contributed by atoms with Gasteiger partial charge in [0, 0.05) is 62.0 Å². The number of hydrogen-bond acceptors (Lipinski definition) is 6. The molecule has 2 aromatic rings. The lowest BCUT2D eigenvalue weighted by molar-refractivity contribution is -0.160. The second-order valence-electron chi connectivity index (χ2n) is 11.0. The molecule has 1 fully saturated rings. The second-order valence-corrected chi connectivity index (χ2v) is 11.0. The number of aromatic nitrogens is 2. The van der Waals surface area contributed by atoms with Gasteiger partial charge in [-0.2, -0.15) is 0 Å². The Bertz CT molecular complexity index is 1050.